The van der Waals surface area contributed by atoms with Gasteiger partial charge in [0.25, 0.3) is 5.91 Å². The highest BCUT2D eigenvalue weighted by Crippen LogP contribution is 2.27. The first-order valence-corrected chi connectivity index (χ1v) is 7.90. The van der Waals surface area contributed by atoms with E-state index in [0.717, 1.165) is 0 Å². The molecule has 0 heterocycles. The number of hydrogen-bond acceptors (Lipinski definition) is 5. The van der Waals surface area contributed by atoms with E-state index in [4.69, 9.17) is 10.5 Å². The molecule has 2 rings (SSSR count). The van der Waals surface area contributed by atoms with E-state index in [0.29, 0.717) is 11.3 Å². The number of hydrogen-bond donors (Lipinski definition) is 1. The monoisotopic (exact) mass is 357 g/mol. The quantitative estimate of drug-likeness (QED) is 0.574. The van der Waals surface area contributed by atoms with E-state index in [1.807, 2.05) is 0 Å². The van der Waals surface area contributed by atoms with Crippen molar-refractivity contribution >= 4 is 23.2 Å². The molecule has 0 radical (unpaired) electrons. The molecule has 2 amide bonds. The van der Waals surface area contributed by atoms with Crippen molar-refractivity contribution in [1.29, 1.82) is 0 Å². The van der Waals surface area contributed by atoms with Gasteiger partial charge >= 0.3 is 5.69 Å². The molecule has 0 fully saturated rings. The highest BCUT2D eigenvalue weighted by molar-refractivity contribution is 5.95. The first-order valence-electron chi connectivity index (χ1n) is 7.90. The summed E-state index contributed by atoms with van der Waals surface area (Å²) in [5.74, 6) is -0.960. The Labute approximate surface area is 150 Å². The smallest absolute Gasteiger partial charge is 0.311 e. The minimum Gasteiger partial charge on any atom is -0.477 e. The number of nitro groups is 1. The molecular formula is C18H19N3O5. The predicted molar refractivity (Wildman–Crippen MR) is 95.9 cm³/mol. The fraction of sp³-hybridized carbons (Fsp3) is 0.222. The van der Waals surface area contributed by atoms with Crippen LogP contribution in [0.15, 0.2) is 48.5 Å². The van der Waals surface area contributed by atoms with Crippen LogP contribution < -0.4 is 15.4 Å². The molecular weight excluding hydrogens is 338 g/mol. The van der Waals surface area contributed by atoms with E-state index in [1.54, 1.807) is 43.3 Å². The Morgan fingerprint density at radius 1 is 1.19 bits per heavy atom. The summed E-state index contributed by atoms with van der Waals surface area (Å²) in [6.45, 7) is 1.41. The molecule has 0 aliphatic carbocycles. The van der Waals surface area contributed by atoms with Crippen molar-refractivity contribution in [3.63, 3.8) is 0 Å². The van der Waals surface area contributed by atoms with Crippen molar-refractivity contribution in [2.75, 3.05) is 18.1 Å². The molecule has 8 heteroatoms. The molecule has 2 aromatic carbocycles. The molecule has 0 saturated heterocycles. The molecule has 0 unspecified atom stereocenters. The number of para-hydroxylation sites is 1. The molecule has 136 valence electrons. The van der Waals surface area contributed by atoms with Gasteiger partial charge < -0.3 is 15.4 Å². The fourth-order valence-electron chi connectivity index (χ4n) is 2.34. The van der Waals surface area contributed by atoms with Gasteiger partial charge in [-0.1, -0.05) is 24.3 Å². The van der Waals surface area contributed by atoms with Crippen LogP contribution >= 0.6 is 0 Å². The molecule has 8 nitrogen and oxygen atoms in total. The maximum absolute atomic E-state index is 12.6. The number of nitrogens with zero attached hydrogens (tertiary/aromatic N) is 2. The maximum Gasteiger partial charge on any atom is 0.311 e. The van der Waals surface area contributed by atoms with Gasteiger partial charge in [-0.2, -0.15) is 0 Å². The van der Waals surface area contributed by atoms with Gasteiger partial charge in [0.15, 0.2) is 12.4 Å². The van der Waals surface area contributed by atoms with E-state index in [9.17, 15) is 19.7 Å². The molecule has 0 atom stereocenters. The SMILES string of the molecule is Cc1ccc(OCC(=O)N(CCC(N)=O)c2ccccc2)c([N+](=O)[O-])c1. The van der Waals surface area contributed by atoms with Gasteiger partial charge in [0, 0.05) is 24.7 Å². The molecule has 0 aliphatic heterocycles. The number of ether oxygens (including phenoxy) is 1. The molecule has 0 aliphatic rings. The van der Waals surface area contributed by atoms with Crippen LogP contribution in [-0.2, 0) is 9.59 Å². The van der Waals surface area contributed by atoms with Gasteiger partial charge in [-0.25, -0.2) is 0 Å². The number of benzene rings is 2. The lowest BCUT2D eigenvalue weighted by Gasteiger charge is -2.22. The van der Waals surface area contributed by atoms with Crippen molar-refractivity contribution in [2.24, 2.45) is 5.73 Å². The van der Waals surface area contributed by atoms with Crippen molar-refractivity contribution in [3.8, 4) is 5.75 Å². The number of carbonyl (C=O) groups is 2. The average Bonchev–Trinajstić information content (AvgIpc) is 2.61. The lowest BCUT2D eigenvalue weighted by molar-refractivity contribution is -0.385. The minimum atomic E-state index is -0.561. The number of amides is 2. The highest BCUT2D eigenvalue weighted by atomic mass is 16.6. The van der Waals surface area contributed by atoms with Gasteiger partial charge in [0.05, 0.1) is 4.92 Å². The summed E-state index contributed by atoms with van der Waals surface area (Å²) in [5.41, 5.74) is 6.26. The number of anilines is 1. The number of carbonyl (C=O) groups excluding carboxylic acids is 2. The number of primary amides is 1. The second-order valence-electron chi connectivity index (χ2n) is 5.61. The number of nitrogens with two attached hydrogens (primary N) is 1. The van der Waals surface area contributed by atoms with E-state index >= 15 is 0 Å². The molecule has 2 aromatic rings. The topological polar surface area (TPSA) is 116 Å². The highest BCUT2D eigenvalue weighted by Gasteiger charge is 2.20. The number of aryl methyl sites for hydroxylation is 1. The van der Waals surface area contributed by atoms with Crippen LogP contribution in [0.1, 0.15) is 12.0 Å². The Morgan fingerprint density at radius 2 is 1.88 bits per heavy atom. The summed E-state index contributed by atoms with van der Waals surface area (Å²) >= 11 is 0. The van der Waals surface area contributed by atoms with Crippen LogP contribution in [0.2, 0.25) is 0 Å². The second kappa shape index (κ2) is 8.61. The maximum atomic E-state index is 12.6. The van der Waals surface area contributed by atoms with Crippen LogP contribution in [0.4, 0.5) is 11.4 Å². The fourth-order valence-corrected chi connectivity index (χ4v) is 2.34. The first kappa shape index (κ1) is 18.9. The lowest BCUT2D eigenvalue weighted by atomic mass is 10.2. The van der Waals surface area contributed by atoms with Gasteiger partial charge in [-0.05, 0) is 30.7 Å². The Hall–Kier alpha value is -3.42. The van der Waals surface area contributed by atoms with Crippen molar-refractivity contribution in [1.82, 2.24) is 0 Å². The summed E-state index contributed by atoms with van der Waals surface area (Å²) in [7, 11) is 0. The summed E-state index contributed by atoms with van der Waals surface area (Å²) in [6, 6.07) is 13.2. The Balaban J connectivity index is 2.15. The Morgan fingerprint density at radius 3 is 2.50 bits per heavy atom. The normalized spacial score (nSPS) is 10.2. The van der Waals surface area contributed by atoms with Crippen molar-refractivity contribution in [2.45, 2.75) is 13.3 Å². The molecule has 0 aromatic heterocycles. The van der Waals surface area contributed by atoms with Gasteiger partial charge in [-0.15, -0.1) is 0 Å². The number of nitro benzene ring substituents is 1. The Kier molecular flexibility index (Phi) is 6.26. The first-order chi connectivity index (χ1) is 12.4. The molecule has 0 bridgehead atoms. The number of rotatable bonds is 8. The zero-order valence-electron chi connectivity index (χ0n) is 14.3. The van der Waals surface area contributed by atoms with Crippen LogP contribution in [-0.4, -0.2) is 29.9 Å². The molecule has 26 heavy (non-hydrogen) atoms. The molecule has 0 saturated carbocycles. The summed E-state index contributed by atoms with van der Waals surface area (Å²) in [6.07, 6.45) is -0.00862. The van der Waals surface area contributed by atoms with E-state index < -0.39 is 23.3 Å². The van der Waals surface area contributed by atoms with Crippen LogP contribution in [0, 0.1) is 17.0 Å². The summed E-state index contributed by atoms with van der Waals surface area (Å²) in [4.78, 5) is 35.6. The minimum absolute atomic E-state index is 0.00862. The van der Waals surface area contributed by atoms with Crippen molar-refractivity contribution in [3.05, 3.63) is 64.2 Å². The molecule has 0 spiro atoms. The van der Waals surface area contributed by atoms with Crippen molar-refractivity contribution < 1.29 is 19.2 Å². The summed E-state index contributed by atoms with van der Waals surface area (Å²) in [5, 5.41) is 11.1. The van der Waals surface area contributed by atoms with Gasteiger partial charge in [-0.3, -0.25) is 19.7 Å². The average molecular weight is 357 g/mol. The third-order valence-corrected chi connectivity index (χ3v) is 3.61. The van der Waals surface area contributed by atoms with E-state index in [-0.39, 0.29) is 24.4 Å². The molecule has 2 N–H and O–H groups in total. The van der Waals surface area contributed by atoms with Gasteiger partial charge in [0.1, 0.15) is 0 Å². The zero-order chi connectivity index (χ0) is 19.1. The second-order valence-corrected chi connectivity index (χ2v) is 5.61. The van der Waals surface area contributed by atoms with E-state index in [2.05, 4.69) is 0 Å². The predicted octanol–water partition coefficient (Wildman–Crippen LogP) is 2.19. The lowest BCUT2D eigenvalue weighted by Crippen LogP contribution is -2.37. The Bertz CT molecular complexity index is 808. The van der Waals surface area contributed by atoms with Crippen LogP contribution in [0.5, 0.6) is 5.75 Å². The largest absolute Gasteiger partial charge is 0.477 e. The standard InChI is InChI=1S/C18H19N3O5/c1-13-7-8-16(15(11-13)21(24)25)26-12-18(23)20(10-9-17(19)22)14-5-3-2-4-6-14/h2-8,11H,9-10,12H2,1H3,(H2,19,22). The van der Waals surface area contributed by atoms with Crippen LogP contribution in [0.25, 0.3) is 0 Å². The summed E-state index contributed by atoms with van der Waals surface area (Å²) < 4.78 is 5.38. The zero-order valence-corrected chi connectivity index (χ0v) is 14.3. The van der Waals surface area contributed by atoms with Crippen LogP contribution in [0.3, 0.4) is 0 Å². The third kappa shape index (κ3) is 5.04. The third-order valence-electron chi connectivity index (χ3n) is 3.61. The van der Waals surface area contributed by atoms with E-state index in [1.165, 1.54) is 17.0 Å². The van der Waals surface area contributed by atoms with Gasteiger partial charge in [0.2, 0.25) is 5.91 Å².